The molecule has 0 aromatic carbocycles. The Bertz CT molecular complexity index is 287. The lowest BCUT2D eigenvalue weighted by molar-refractivity contribution is 0.609. The number of nitrogens with zero attached hydrogens (tertiary/aromatic N) is 2. The summed E-state index contributed by atoms with van der Waals surface area (Å²) in [6.45, 7) is 3.02. The molecule has 0 aliphatic carbocycles. The van der Waals surface area contributed by atoms with Crippen LogP contribution in [0.4, 0.5) is 0 Å². The van der Waals surface area contributed by atoms with Gasteiger partial charge in [0.25, 0.3) is 0 Å². The van der Waals surface area contributed by atoms with Crippen molar-refractivity contribution in [1.29, 1.82) is 0 Å². The number of amidine groups is 1. The fourth-order valence-electron chi connectivity index (χ4n) is 1.27. The highest BCUT2D eigenvalue weighted by molar-refractivity contribution is 6.00. The van der Waals surface area contributed by atoms with Crippen LogP contribution in [0.5, 0.6) is 0 Å². The maximum Gasteiger partial charge on any atom is 0.135 e. The van der Waals surface area contributed by atoms with Gasteiger partial charge in [-0.3, -0.25) is 0 Å². The molecule has 2 aliphatic rings. The molecule has 0 aromatic heterocycles. The number of halogens is 1. The quantitative estimate of drug-likeness (QED) is 0.560. The molecule has 2 heterocycles. The van der Waals surface area contributed by atoms with Gasteiger partial charge in [-0.15, -0.1) is 12.4 Å². The molecule has 0 fully saturated rings. The van der Waals surface area contributed by atoms with Gasteiger partial charge in [0, 0.05) is 18.9 Å². The van der Waals surface area contributed by atoms with Crippen LogP contribution >= 0.6 is 12.4 Å². The van der Waals surface area contributed by atoms with E-state index in [0.29, 0.717) is 0 Å². The Morgan fingerprint density at radius 2 is 2.33 bits per heavy atom. The second kappa shape index (κ2) is 3.59. The van der Waals surface area contributed by atoms with Crippen molar-refractivity contribution in [3.8, 4) is 0 Å². The first-order chi connectivity index (χ1) is 5.38. The van der Waals surface area contributed by atoms with Gasteiger partial charge < -0.3 is 4.90 Å². The average molecular weight is 183 g/mol. The van der Waals surface area contributed by atoms with Crippen molar-refractivity contribution in [2.24, 2.45) is 4.99 Å². The predicted molar refractivity (Wildman–Crippen MR) is 53.4 cm³/mol. The van der Waals surface area contributed by atoms with Crippen molar-refractivity contribution in [1.82, 2.24) is 4.90 Å². The summed E-state index contributed by atoms with van der Waals surface area (Å²) in [7, 11) is 0. The molecular formula is C9H11ClN2. The van der Waals surface area contributed by atoms with Crippen LogP contribution in [-0.2, 0) is 0 Å². The highest BCUT2D eigenvalue weighted by Crippen LogP contribution is 2.13. The molecule has 0 amide bonds. The Labute approximate surface area is 78.4 Å². The minimum Gasteiger partial charge on any atom is -0.329 e. The average Bonchev–Trinajstić information content (AvgIpc) is 2.06. The third-order valence-electron chi connectivity index (χ3n) is 1.84. The molecule has 0 bridgehead atoms. The van der Waals surface area contributed by atoms with Gasteiger partial charge in [0.15, 0.2) is 0 Å². The van der Waals surface area contributed by atoms with Gasteiger partial charge in [0.05, 0.1) is 0 Å². The van der Waals surface area contributed by atoms with E-state index in [0.717, 1.165) is 12.4 Å². The fourth-order valence-corrected chi connectivity index (χ4v) is 1.27. The van der Waals surface area contributed by atoms with Crippen molar-refractivity contribution in [3.63, 3.8) is 0 Å². The normalized spacial score (nSPS) is 19.2. The van der Waals surface area contributed by atoms with Gasteiger partial charge in [0.2, 0.25) is 0 Å². The molecule has 0 N–H and O–H groups in total. The molecule has 2 nitrogen and oxygen atoms in total. The molecule has 2 aliphatic heterocycles. The van der Waals surface area contributed by atoms with Crippen LogP contribution in [0.2, 0.25) is 0 Å². The molecule has 3 heteroatoms. The summed E-state index contributed by atoms with van der Waals surface area (Å²) in [6.07, 6.45) is 10.1. The third kappa shape index (κ3) is 1.43. The third-order valence-corrected chi connectivity index (χ3v) is 1.84. The molecule has 0 radical (unpaired) electrons. The van der Waals surface area contributed by atoms with Crippen LogP contribution in [0.1, 0.15) is 6.92 Å². The molecule has 0 unspecified atom stereocenters. The summed E-state index contributed by atoms with van der Waals surface area (Å²) < 4.78 is 0. The zero-order valence-electron chi connectivity index (χ0n) is 6.90. The number of allylic oxidation sites excluding steroid dienone is 2. The Balaban J connectivity index is 0.000000720. The fraction of sp³-hybridized carbons (Fsp3) is 0.222. The number of hydrogen-bond acceptors (Lipinski definition) is 2. The minimum absolute atomic E-state index is 0. The lowest BCUT2D eigenvalue weighted by Gasteiger charge is -2.25. The molecular weight excluding hydrogens is 172 g/mol. The van der Waals surface area contributed by atoms with E-state index in [1.54, 1.807) is 0 Å². The van der Waals surface area contributed by atoms with Crippen molar-refractivity contribution in [2.75, 3.05) is 6.54 Å². The monoisotopic (exact) mass is 182 g/mol. The van der Waals surface area contributed by atoms with E-state index in [1.807, 2.05) is 18.4 Å². The molecule has 0 saturated heterocycles. The summed E-state index contributed by atoms with van der Waals surface area (Å²) in [5, 5.41) is 0. The highest BCUT2D eigenvalue weighted by atomic mass is 35.5. The Morgan fingerprint density at radius 3 is 3.08 bits per heavy atom. The largest absolute Gasteiger partial charge is 0.329 e. The van der Waals surface area contributed by atoms with Crippen LogP contribution in [0, 0.1) is 0 Å². The van der Waals surface area contributed by atoms with Crippen LogP contribution in [0.3, 0.4) is 0 Å². The van der Waals surface area contributed by atoms with Gasteiger partial charge in [-0.1, -0.05) is 6.08 Å². The first-order valence-electron chi connectivity index (χ1n) is 3.73. The van der Waals surface area contributed by atoms with Gasteiger partial charge in [-0.05, 0) is 24.6 Å². The molecule has 0 atom stereocenters. The first-order valence-corrected chi connectivity index (χ1v) is 3.73. The number of rotatable bonds is 0. The van der Waals surface area contributed by atoms with Crippen LogP contribution in [-0.4, -0.2) is 17.3 Å². The Kier molecular flexibility index (Phi) is 2.71. The summed E-state index contributed by atoms with van der Waals surface area (Å²) in [6, 6.07) is 0. The second-order valence-corrected chi connectivity index (χ2v) is 2.68. The first kappa shape index (κ1) is 9.07. The van der Waals surface area contributed by atoms with E-state index in [2.05, 4.69) is 29.1 Å². The van der Waals surface area contributed by atoms with E-state index in [9.17, 15) is 0 Å². The van der Waals surface area contributed by atoms with E-state index in [-0.39, 0.29) is 12.4 Å². The van der Waals surface area contributed by atoms with Crippen molar-refractivity contribution in [3.05, 3.63) is 36.2 Å². The summed E-state index contributed by atoms with van der Waals surface area (Å²) in [4.78, 5) is 6.41. The van der Waals surface area contributed by atoms with Crippen molar-refractivity contribution in [2.45, 2.75) is 6.92 Å². The summed E-state index contributed by atoms with van der Waals surface area (Å²) >= 11 is 0. The Hall–Kier alpha value is -1.02. The van der Waals surface area contributed by atoms with Crippen LogP contribution < -0.4 is 0 Å². The number of hydrogen-bond donors (Lipinski definition) is 0. The zero-order valence-corrected chi connectivity index (χ0v) is 7.71. The minimum atomic E-state index is 0. The van der Waals surface area contributed by atoms with Gasteiger partial charge in [-0.2, -0.15) is 0 Å². The van der Waals surface area contributed by atoms with Crippen LogP contribution in [0.15, 0.2) is 41.2 Å². The maximum atomic E-state index is 4.27. The van der Waals surface area contributed by atoms with Gasteiger partial charge in [0.1, 0.15) is 5.84 Å². The highest BCUT2D eigenvalue weighted by Gasteiger charge is 2.12. The second-order valence-electron chi connectivity index (χ2n) is 2.68. The Morgan fingerprint density at radius 1 is 1.50 bits per heavy atom. The van der Waals surface area contributed by atoms with Crippen molar-refractivity contribution >= 4 is 18.2 Å². The summed E-state index contributed by atoms with van der Waals surface area (Å²) in [5.74, 6) is 1.08. The van der Waals surface area contributed by atoms with E-state index < -0.39 is 0 Å². The standard InChI is InChI=1S/C9H10N2.ClH/c1-8-4-2-6-11-7-3-5-10-9(8)11;/h2-6H,7H2,1H3;1H. The zero-order chi connectivity index (χ0) is 7.68. The SMILES string of the molecule is CC1=CC=CN2CC=CN=C12.Cl. The molecule has 0 spiro atoms. The van der Waals surface area contributed by atoms with Gasteiger partial charge >= 0.3 is 0 Å². The topological polar surface area (TPSA) is 15.6 Å². The molecule has 2 rings (SSSR count). The number of aliphatic imine (C=N–C) groups is 1. The molecule has 0 saturated carbocycles. The van der Waals surface area contributed by atoms with E-state index in [4.69, 9.17) is 0 Å². The lowest BCUT2D eigenvalue weighted by Crippen LogP contribution is -2.29. The maximum absolute atomic E-state index is 4.27. The van der Waals surface area contributed by atoms with E-state index >= 15 is 0 Å². The summed E-state index contributed by atoms with van der Waals surface area (Å²) in [5.41, 5.74) is 1.23. The molecule has 64 valence electrons. The van der Waals surface area contributed by atoms with Gasteiger partial charge in [-0.25, -0.2) is 4.99 Å². The molecule has 12 heavy (non-hydrogen) atoms. The number of fused-ring (bicyclic) bond motifs is 1. The molecule has 0 aromatic rings. The van der Waals surface area contributed by atoms with Crippen LogP contribution in [0.25, 0.3) is 0 Å². The van der Waals surface area contributed by atoms with Crippen molar-refractivity contribution < 1.29 is 0 Å². The predicted octanol–water partition coefficient (Wildman–Crippen LogP) is 2.11. The smallest absolute Gasteiger partial charge is 0.135 e. The lowest BCUT2D eigenvalue weighted by atomic mass is 10.2. The van der Waals surface area contributed by atoms with E-state index in [1.165, 1.54) is 5.57 Å².